The Balaban J connectivity index is 1.86. The number of carbonyl (C=O) groups excluding carboxylic acids is 1. The summed E-state index contributed by atoms with van der Waals surface area (Å²) in [5, 5.41) is 3.49. The molecule has 0 aliphatic heterocycles. The van der Waals surface area contributed by atoms with Crippen molar-refractivity contribution in [3.63, 3.8) is 0 Å². The lowest BCUT2D eigenvalue weighted by atomic mass is 9.94. The van der Waals surface area contributed by atoms with Crippen LogP contribution in [0.2, 0.25) is 0 Å². The van der Waals surface area contributed by atoms with Crippen molar-refractivity contribution in [2.45, 2.75) is 58.9 Å². The van der Waals surface area contributed by atoms with Crippen molar-refractivity contribution in [3.05, 3.63) is 53.6 Å². The molecule has 1 N–H and O–H groups in total. The minimum Gasteiger partial charge on any atom is -0.493 e. The van der Waals surface area contributed by atoms with Gasteiger partial charge in [0.2, 0.25) is 5.75 Å². The summed E-state index contributed by atoms with van der Waals surface area (Å²) in [6.45, 7) is 6.27. The SMILES string of the molecule is CCCC(CC)CCCCNCc1cccc(C(=O)Oc2c(OC)cccc2OC)c1. The van der Waals surface area contributed by atoms with E-state index in [9.17, 15) is 4.79 Å². The van der Waals surface area contributed by atoms with Gasteiger partial charge < -0.3 is 19.5 Å². The summed E-state index contributed by atoms with van der Waals surface area (Å²) in [5.74, 6) is 1.62. The molecule has 31 heavy (non-hydrogen) atoms. The first kappa shape index (κ1) is 24.7. The molecule has 0 amide bonds. The van der Waals surface area contributed by atoms with Gasteiger partial charge in [0.15, 0.2) is 11.5 Å². The molecular weight excluding hydrogens is 390 g/mol. The predicted octanol–water partition coefficient (Wildman–Crippen LogP) is 6.01. The standard InChI is InChI=1S/C26H37NO4/c1-5-11-20(6-2)12-7-8-17-27-19-21-13-9-14-22(18-21)26(28)31-25-23(29-3)15-10-16-24(25)30-4/h9-10,13-16,18,20,27H,5-8,11-12,17,19H2,1-4H3. The van der Waals surface area contributed by atoms with Crippen LogP contribution in [0.15, 0.2) is 42.5 Å². The molecule has 1 atom stereocenters. The highest BCUT2D eigenvalue weighted by Crippen LogP contribution is 2.37. The zero-order chi connectivity index (χ0) is 22.5. The van der Waals surface area contributed by atoms with Gasteiger partial charge in [-0.25, -0.2) is 4.79 Å². The molecule has 2 aromatic rings. The fraction of sp³-hybridized carbons (Fsp3) is 0.500. The van der Waals surface area contributed by atoms with Gasteiger partial charge in [0, 0.05) is 6.54 Å². The third-order valence-electron chi connectivity index (χ3n) is 5.56. The van der Waals surface area contributed by atoms with Crippen LogP contribution >= 0.6 is 0 Å². The van der Waals surface area contributed by atoms with Crippen molar-refractivity contribution in [1.29, 1.82) is 0 Å². The highest BCUT2D eigenvalue weighted by atomic mass is 16.6. The maximum Gasteiger partial charge on any atom is 0.343 e. The predicted molar refractivity (Wildman–Crippen MR) is 125 cm³/mol. The number of esters is 1. The van der Waals surface area contributed by atoms with E-state index in [0.717, 1.165) is 24.6 Å². The van der Waals surface area contributed by atoms with E-state index in [1.165, 1.54) is 52.7 Å². The number of rotatable bonds is 14. The Morgan fingerprint density at radius 3 is 2.32 bits per heavy atom. The molecule has 0 heterocycles. The van der Waals surface area contributed by atoms with Crippen LogP contribution in [-0.4, -0.2) is 26.7 Å². The largest absolute Gasteiger partial charge is 0.493 e. The second-order valence-electron chi connectivity index (χ2n) is 7.82. The summed E-state index contributed by atoms with van der Waals surface area (Å²) in [6, 6.07) is 12.8. The maximum atomic E-state index is 12.7. The third-order valence-corrected chi connectivity index (χ3v) is 5.56. The summed E-state index contributed by atoms with van der Waals surface area (Å²) < 4.78 is 16.2. The van der Waals surface area contributed by atoms with Gasteiger partial charge in [0.25, 0.3) is 0 Å². The number of ether oxygens (including phenoxy) is 3. The number of nitrogens with one attached hydrogen (secondary N) is 1. The van der Waals surface area contributed by atoms with Crippen molar-refractivity contribution < 1.29 is 19.0 Å². The van der Waals surface area contributed by atoms with Crippen LogP contribution in [0.3, 0.4) is 0 Å². The van der Waals surface area contributed by atoms with E-state index in [-0.39, 0.29) is 5.75 Å². The van der Waals surface area contributed by atoms with E-state index in [2.05, 4.69) is 19.2 Å². The number of benzene rings is 2. The van der Waals surface area contributed by atoms with Crippen LogP contribution in [0, 0.1) is 5.92 Å². The zero-order valence-corrected chi connectivity index (χ0v) is 19.4. The molecular formula is C26H37NO4. The Morgan fingerprint density at radius 2 is 1.68 bits per heavy atom. The first-order valence-electron chi connectivity index (χ1n) is 11.4. The highest BCUT2D eigenvalue weighted by Gasteiger charge is 2.17. The summed E-state index contributed by atoms with van der Waals surface area (Å²) in [5.41, 5.74) is 1.55. The number of hydrogen-bond acceptors (Lipinski definition) is 5. The van der Waals surface area contributed by atoms with Crippen molar-refractivity contribution >= 4 is 5.97 Å². The smallest absolute Gasteiger partial charge is 0.343 e. The Bertz CT molecular complexity index is 783. The molecule has 0 fully saturated rings. The van der Waals surface area contributed by atoms with Gasteiger partial charge >= 0.3 is 5.97 Å². The van der Waals surface area contributed by atoms with Gasteiger partial charge in [0.1, 0.15) is 0 Å². The molecule has 0 aromatic heterocycles. The first-order chi connectivity index (χ1) is 15.1. The molecule has 0 bridgehead atoms. The van der Waals surface area contributed by atoms with Crippen molar-refractivity contribution in [3.8, 4) is 17.2 Å². The molecule has 1 unspecified atom stereocenters. The Kier molecular flexibility index (Phi) is 10.9. The molecule has 5 heteroatoms. The minimum absolute atomic E-state index is 0.287. The van der Waals surface area contributed by atoms with Crippen LogP contribution in [0.25, 0.3) is 0 Å². The average Bonchev–Trinajstić information content (AvgIpc) is 2.80. The highest BCUT2D eigenvalue weighted by molar-refractivity contribution is 5.92. The fourth-order valence-electron chi connectivity index (χ4n) is 3.75. The topological polar surface area (TPSA) is 56.8 Å². The van der Waals surface area contributed by atoms with E-state index < -0.39 is 5.97 Å². The van der Waals surface area contributed by atoms with Crippen LogP contribution in [0.4, 0.5) is 0 Å². The van der Waals surface area contributed by atoms with E-state index in [0.29, 0.717) is 17.1 Å². The normalized spacial score (nSPS) is 11.7. The minimum atomic E-state index is -0.439. The lowest BCUT2D eigenvalue weighted by Gasteiger charge is -2.14. The molecule has 5 nitrogen and oxygen atoms in total. The molecule has 0 aliphatic carbocycles. The van der Waals surface area contributed by atoms with Crippen molar-refractivity contribution in [2.24, 2.45) is 5.92 Å². The van der Waals surface area contributed by atoms with Crippen molar-refractivity contribution in [1.82, 2.24) is 5.32 Å². The summed E-state index contributed by atoms with van der Waals surface area (Å²) in [7, 11) is 3.06. The first-order valence-corrected chi connectivity index (χ1v) is 11.4. The molecule has 170 valence electrons. The molecule has 0 radical (unpaired) electrons. The lowest BCUT2D eigenvalue weighted by molar-refractivity contribution is 0.0724. The third kappa shape index (κ3) is 7.91. The Morgan fingerprint density at radius 1 is 0.968 bits per heavy atom. The van der Waals surface area contributed by atoms with Gasteiger partial charge in [-0.15, -0.1) is 0 Å². The van der Waals surface area contributed by atoms with Gasteiger partial charge in [-0.2, -0.15) is 0 Å². The molecule has 0 spiro atoms. The summed E-state index contributed by atoms with van der Waals surface area (Å²) >= 11 is 0. The second kappa shape index (κ2) is 13.7. The van der Waals surface area contributed by atoms with Gasteiger partial charge in [-0.1, -0.05) is 64.2 Å². The molecule has 2 rings (SSSR count). The second-order valence-corrected chi connectivity index (χ2v) is 7.82. The number of carbonyl (C=O) groups is 1. The Labute approximate surface area is 187 Å². The van der Waals surface area contributed by atoms with Crippen LogP contribution in [-0.2, 0) is 6.54 Å². The van der Waals surface area contributed by atoms with E-state index in [1.54, 1.807) is 24.3 Å². The quantitative estimate of drug-likeness (QED) is 0.227. The number of hydrogen-bond donors (Lipinski definition) is 1. The molecule has 0 saturated carbocycles. The van der Waals surface area contributed by atoms with Crippen LogP contribution in [0.1, 0.15) is 68.3 Å². The number of para-hydroxylation sites is 1. The number of methoxy groups -OCH3 is 2. The van der Waals surface area contributed by atoms with Gasteiger partial charge in [0.05, 0.1) is 19.8 Å². The van der Waals surface area contributed by atoms with Gasteiger partial charge in [-0.05, 0) is 48.7 Å². The van der Waals surface area contributed by atoms with Gasteiger partial charge in [-0.3, -0.25) is 0 Å². The molecule has 0 saturated heterocycles. The summed E-state index contributed by atoms with van der Waals surface area (Å²) in [4.78, 5) is 12.7. The zero-order valence-electron chi connectivity index (χ0n) is 19.4. The van der Waals surface area contributed by atoms with Crippen LogP contribution < -0.4 is 19.5 Å². The maximum absolute atomic E-state index is 12.7. The molecule has 2 aromatic carbocycles. The van der Waals surface area contributed by atoms with Crippen LogP contribution in [0.5, 0.6) is 17.2 Å². The lowest BCUT2D eigenvalue weighted by Crippen LogP contribution is -2.16. The molecule has 0 aliphatic rings. The van der Waals surface area contributed by atoms with E-state index in [4.69, 9.17) is 14.2 Å². The Hall–Kier alpha value is -2.53. The van der Waals surface area contributed by atoms with E-state index >= 15 is 0 Å². The number of unbranched alkanes of at least 4 members (excludes halogenated alkanes) is 1. The van der Waals surface area contributed by atoms with Crippen molar-refractivity contribution in [2.75, 3.05) is 20.8 Å². The van der Waals surface area contributed by atoms with E-state index in [1.807, 2.05) is 18.2 Å². The monoisotopic (exact) mass is 427 g/mol. The summed E-state index contributed by atoms with van der Waals surface area (Å²) in [6.07, 6.45) is 7.66. The average molecular weight is 428 g/mol. The fourth-order valence-corrected chi connectivity index (χ4v) is 3.75.